The molecule has 6 nitrogen and oxygen atoms in total. The van der Waals surface area contributed by atoms with Crippen LogP contribution in [-0.2, 0) is 19.1 Å². The van der Waals surface area contributed by atoms with Crippen LogP contribution in [0.1, 0.15) is 75.2 Å². The molecule has 2 aliphatic carbocycles. The fraction of sp³-hybridized carbons (Fsp3) is 0.591. The number of ketones is 1. The van der Waals surface area contributed by atoms with Gasteiger partial charge in [0.2, 0.25) is 5.78 Å². The number of carbonyl (C=O) groups is 3. The smallest absolute Gasteiger partial charge is 0.334 e. The van der Waals surface area contributed by atoms with Crippen LogP contribution in [0.4, 0.5) is 0 Å². The second kappa shape index (κ2) is 7.22. The zero-order chi connectivity index (χ0) is 20.8. The van der Waals surface area contributed by atoms with Gasteiger partial charge in [0.05, 0.1) is 12.2 Å². The van der Waals surface area contributed by atoms with Gasteiger partial charge in [-0.1, -0.05) is 19.9 Å². The zero-order valence-electron chi connectivity index (χ0n) is 17.3. The minimum absolute atomic E-state index is 0.0828. The summed E-state index contributed by atoms with van der Waals surface area (Å²) in [6, 6.07) is 0. The van der Waals surface area contributed by atoms with Crippen LogP contribution < -0.4 is 0 Å². The van der Waals surface area contributed by atoms with E-state index in [4.69, 9.17) is 13.9 Å². The minimum Gasteiger partial charge on any atom is -0.462 e. The maximum Gasteiger partial charge on any atom is 0.334 e. The number of esters is 2. The molecule has 0 aliphatic heterocycles. The van der Waals surface area contributed by atoms with Crippen LogP contribution >= 0.6 is 0 Å². The highest BCUT2D eigenvalue weighted by atomic mass is 16.6. The third-order valence-corrected chi connectivity index (χ3v) is 6.64. The second-order valence-corrected chi connectivity index (χ2v) is 8.25. The SMILES string of the molecule is C/C=C(/C)C(=O)O[C@@H]1c2c(C)coc2C(=O)[C@@H]2[C@@H](OC(C)=O)CC[C@H](C)[C@]12C. The fourth-order valence-corrected chi connectivity index (χ4v) is 4.74. The van der Waals surface area contributed by atoms with Crippen LogP contribution in [0.2, 0.25) is 0 Å². The summed E-state index contributed by atoms with van der Waals surface area (Å²) in [7, 11) is 0. The first kappa shape index (κ1) is 20.4. The van der Waals surface area contributed by atoms with Gasteiger partial charge in [-0.2, -0.15) is 0 Å². The van der Waals surface area contributed by atoms with E-state index in [9.17, 15) is 14.4 Å². The molecular formula is C22H28O6. The Bertz CT molecular complexity index is 847. The number of fused-ring (bicyclic) bond motifs is 2. The van der Waals surface area contributed by atoms with E-state index in [1.165, 1.54) is 13.2 Å². The Morgan fingerprint density at radius 2 is 1.93 bits per heavy atom. The van der Waals surface area contributed by atoms with Crippen molar-refractivity contribution in [1.82, 2.24) is 0 Å². The van der Waals surface area contributed by atoms with Gasteiger partial charge < -0.3 is 13.9 Å². The first-order chi connectivity index (χ1) is 13.1. The van der Waals surface area contributed by atoms with Crippen LogP contribution in [0.3, 0.4) is 0 Å². The maximum atomic E-state index is 13.4. The van der Waals surface area contributed by atoms with Crippen molar-refractivity contribution in [1.29, 1.82) is 0 Å². The van der Waals surface area contributed by atoms with Crippen molar-refractivity contribution in [2.75, 3.05) is 0 Å². The lowest BCUT2D eigenvalue weighted by molar-refractivity contribution is -0.178. The molecule has 3 rings (SSSR count). The molecule has 28 heavy (non-hydrogen) atoms. The van der Waals surface area contributed by atoms with E-state index in [1.807, 2.05) is 13.8 Å². The topological polar surface area (TPSA) is 82.8 Å². The van der Waals surface area contributed by atoms with Gasteiger partial charge in [-0.05, 0) is 45.1 Å². The summed E-state index contributed by atoms with van der Waals surface area (Å²) in [4.78, 5) is 37.7. The molecule has 1 heterocycles. The molecule has 1 aromatic heterocycles. The van der Waals surface area contributed by atoms with Gasteiger partial charge in [-0.15, -0.1) is 0 Å². The zero-order valence-corrected chi connectivity index (χ0v) is 17.3. The highest BCUT2D eigenvalue weighted by Crippen LogP contribution is 2.60. The Kier molecular flexibility index (Phi) is 5.26. The first-order valence-electron chi connectivity index (χ1n) is 9.76. The Labute approximate surface area is 165 Å². The monoisotopic (exact) mass is 388 g/mol. The molecule has 0 spiro atoms. The van der Waals surface area contributed by atoms with Gasteiger partial charge in [0.25, 0.3) is 0 Å². The predicted octanol–water partition coefficient (Wildman–Crippen LogP) is 4.32. The molecule has 0 radical (unpaired) electrons. The molecule has 1 aromatic rings. The van der Waals surface area contributed by atoms with Crippen LogP contribution in [0, 0.1) is 24.2 Å². The number of furan rings is 1. The number of ether oxygens (including phenoxy) is 2. The molecule has 0 amide bonds. The van der Waals surface area contributed by atoms with Crippen molar-refractivity contribution in [3.8, 4) is 0 Å². The Balaban J connectivity index is 2.16. The summed E-state index contributed by atoms with van der Waals surface area (Å²) < 4.78 is 17.1. The van der Waals surface area contributed by atoms with Gasteiger partial charge in [-0.25, -0.2) is 4.79 Å². The van der Waals surface area contributed by atoms with Crippen molar-refractivity contribution in [2.24, 2.45) is 17.3 Å². The normalized spacial score (nSPS) is 32.4. The van der Waals surface area contributed by atoms with E-state index in [-0.39, 0.29) is 17.5 Å². The summed E-state index contributed by atoms with van der Waals surface area (Å²) in [5.41, 5.74) is 1.21. The van der Waals surface area contributed by atoms with E-state index in [0.717, 1.165) is 12.0 Å². The van der Waals surface area contributed by atoms with Gasteiger partial charge in [0.1, 0.15) is 12.2 Å². The standard InChI is InChI=1S/C22H28O6/c1-7-11(2)21(25)28-20-16-12(3)10-26-19(16)18(24)17-15(27-14(5)23)9-8-13(4)22(17,20)6/h7,10,13,15,17,20H,8-9H2,1-6H3/b11-7-/t13-,15-,17-,20+,22-/m0/s1. The van der Waals surface area contributed by atoms with Crippen LogP contribution in [0.5, 0.6) is 0 Å². The fourth-order valence-electron chi connectivity index (χ4n) is 4.74. The third kappa shape index (κ3) is 2.99. The van der Waals surface area contributed by atoms with Crippen molar-refractivity contribution >= 4 is 17.7 Å². The van der Waals surface area contributed by atoms with Gasteiger partial charge in [0, 0.05) is 23.5 Å². The lowest BCUT2D eigenvalue weighted by Crippen LogP contribution is -2.56. The second-order valence-electron chi connectivity index (χ2n) is 8.25. The van der Waals surface area contributed by atoms with E-state index in [1.54, 1.807) is 19.9 Å². The molecule has 0 N–H and O–H groups in total. The van der Waals surface area contributed by atoms with E-state index < -0.39 is 35.5 Å². The molecule has 6 heteroatoms. The summed E-state index contributed by atoms with van der Waals surface area (Å²) >= 11 is 0. The molecule has 0 bridgehead atoms. The van der Waals surface area contributed by atoms with Gasteiger partial charge in [0.15, 0.2) is 5.76 Å². The lowest BCUT2D eigenvalue weighted by atomic mass is 9.53. The van der Waals surface area contributed by atoms with Gasteiger partial charge in [-0.3, -0.25) is 9.59 Å². The molecule has 1 fully saturated rings. The molecule has 1 saturated carbocycles. The average Bonchev–Trinajstić information content (AvgIpc) is 3.02. The highest BCUT2D eigenvalue weighted by molar-refractivity contribution is 6.00. The molecule has 152 valence electrons. The Morgan fingerprint density at radius 3 is 2.54 bits per heavy atom. The summed E-state index contributed by atoms with van der Waals surface area (Å²) in [6.07, 6.45) is 3.37. The van der Waals surface area contributed by atoms with E-state index >= 15 is 0 Å². The number of Topliss-reactive ketones (excluding diaryl/α,β-unsaturated/α-hetero) is 1. The maximum absolute atomic E-state index is 13.4. The molecule has 2 aliphatic rings. The molecular weight excluding hydrogens is 360 g/mol. The van der Waals surface area contributed by atoms with Crippen molar-refractivity contribution in [2.45, 2.75) is 66.6 Å². The predicted molar refractivity (Wildman–Crippen MR) is 102 cm³/mol. The molecule has 0 aromatic carbocycles. The number of hydrogen-bond acceptors (Lipinski definition) is 6. The van der Waals surface area contributed by atoms with E-state index in [0.29, 0.717) is 17.6 Å². The average molecular weight is 388 g/mol. The summed E-state index contributed by atoms with van der Waals surface area (Å²) in [5.74, 6) is -1.36. The van der Waals surface area contributed by atoms with Crippen LogP contribution in [0.25, 0.3) is 0 Å². The minimum atomic E-state index is -0.708. The first-order valence-corrected chi connectivity index (χ1v) is 9.76. The van der Waals surface area contributed by atoms with Crippen molar-refractivity contribution < 1.29 is 28.3 Å². The highest BCUT2D eigenvalue weighted by Gasteiger charge is 2.62. The van der Waals surface area contributed by atoms with E-state index in [2.05, 4.69) is 6.92 Å². The van der Waals surface area contributed by atoms with Crippen LogP contribution in [0.15, 0.2) is 22.3 Å². The van der Waals surface area contributed by atoms with Crippen LogP contribution in [-0.4, -0.2) is 23.8 Å². The summed E-state index contributed by atoms with van der Waals surface area (Å²) in [5, 5.41) is 0. The quantitative estimate of drug-likeness (QED) is 0.566. The molecule has 0 saturated heterocycles. The number of aryl methyl sites for hydroxylation is 1. The van der Waals surface area contributed by atoms with Crippen molar-refractivity contribution in [3.63, 3.8) is 0 Å². The van der Waals surface area contributed by atoms with Gasteiger partial charge >= 0.3 is 11.9 Å². The number of rotatable bonds is 3. The van der Waals surface area contributed by atoms with Crippen molar-refractivity contribution in [3.05, 3.63) is 34.8 Å². The third-order valence-electron chi connectivity index (χ3n) is 6.64. The number of carbonyl (C=O) groups excluding carboxylic acids is 3. The number of hydrogen-bond donors (Lipinski definition) is 0. The summed E-state index contributed by atoms with van der Waals surface area (Å²) in [6.45, 7) is 10.7. The Morgan fingerprint density at radius 1 is 1.25 bits per heavy atom. The largest absolute Gasteiger partial charge is 0.462 e. The molecule has 0 unspecified atom stereocenters. The molecule has 5 atom stereocenters. The Hall–Kier alpha value is -2.37. The number of allylic oxidation sites excluding steroid dienone is 1. The lowest BCUT2D eigenvalue weighted by Gasteiger charge is -2.53.